The number of nitrogens with one attached hydrogen (secondary N) is 1. The third-order valence-corrected chi connectivity index (χ3v) is 6.06. The Kier molecular flexibility index (Phi) is 5.18. The first-order valence-electron chi connectivity index (χ1n) is 8.44. The van der Waals surface area contributed by atoms with Gasteiger partial charge in [-0.1, -0.05) is 12.1 Å². The van der Waals surface area contributed by atoms with Gasteiger partial charge in [0, 0.05) is 12.6 Å². The second kappa shape index (κ2) is 7.27. The van der Waals surface area contributed by atoms with Gasteiger partial charge < -0.3 is 5.11 Å². The number of alkyl halides is 3. The smallest absolute Gasteiger partial charge is 0.501 e. The number of aromatic nitrogens is 3. The van der Waals surface area contributed by atoms with Gasteiger partial charge in [-0.05, 0) is 42.3 Å². The Morgan fingerprint density at radius 2 is 1.68 bits per heavy atom. The van der Waals surface area contributed by atoms with Crippen molar-refractivity contribution >= 4 is 9.84 Å². The number of H-pyrrole nitrogens is 1. The fourth-order valence-corrected chi connectivity index (χ4v) is 3.98. The molecule has 13 heteroatoms. The molecule has 3 aromatic rings. The molecule has 0 spiro atoms. The van der Waals surface area contributed by atoms with Crippen LogP contribution < -0.4 is 17.1 Å². The summed E-state index contributed by atoms with van der Waals surface area (Å²) < 4.78 is 64.6. The maximum absolute atomic E-state index is 13.1. The number of halogens is 3. The number of hydrogen-bond donors (Lipinski definition) is 2. The van der Waals surface area contributed by atoms with Crippen molar-refractivity contribution in [2.45, 2.75) is 17.3 Å². The molecule has 1 aromatic heterocycles. The lowest BCUT2D eigenvalue weighted by Gasteiger charge is -2.16. The van der Waals surface area contributed by atoms with Gasteiger partial charge >= 0.3 is 22.6 Å². The van der Waals surface area contributed by atoms with Crippen LogP contribution in [0.25, 0.3) is 16.8 Å². The average Bonchev–Trinajstić information content (AvgIpc) is 2.66. The molecule has 2 N–H and O–H groups in total. The zero-order valence-electron chi connectivity index (χ0n) is 15.9. The van der Waals surface area contributed by atoms with Gasteiger partial charge in [0.25, 0.3) is 9.84 Å². The highest BCUT2D eigenvalue weighted by atomic mass is 32.2. The average molecular weight is 457 g/mol. The molecule has 0 radical (unpaired) electrons. The minimum absolute atomic E-state index is 0.0289. The van der Waals surface area contributed by atoms with Crippen LogP contribution in [0.15, 0.2) is 55.7 Å². The summed E-state index contributed by atoms with van der Waals surface area (Å²) in [5.74, 6) is -0.710. The summed E-state index contributed by atoms with van der Waals surface area (Å²) in [5, 5.41) is 10.2. The molecule has 0 aliphatic heterocycles. The predicted molar refractivity (Wildman–Crippen MR) is 103 cm³/mol. The van der Waals surface area contributed by atoms with Crippen LogP contribution in [0, 0.1) is 6.92 Å². The summed E-state index contributed by atoms with van der Waals surface area (Å²) in [6, 6.07) is 6.26. The molecule has 0 unspecified atom stereocenters. The van der Waals surface area contributed by atoms with E-state index in [1.165, 1.54) is 19.1 Å². The van der Waals surface area contributed by atoms with E-state index in [0.717, 1.165) is 25.2 Å². The molecule has 0 saturated heterocycles. The number of aromatic hydroxyl groups is 1. The summed E-state index contributed by atoms with van der Waals surface area (Å²) in [4.78, 5) is 36.7. The quantitative estimate of drug-likeness (QED) is 0.608. The van der Waals surface area contributed by atoms with E-state index in [1.807, 2.05) is 4.98 Å². The molecular weight excluding hydrogens is 443 g/mol. The molecule has 0 atom stereocenters. The third kappa shape index (κ3) is 3.56. The number of hydrogen-bond acceptors (Lipinski definition) is 6. The number of nitrogens with zero attached hydrogens (tertiary/aromatic N) is 2. The number of sulfone groups is 1. The first-order valence-corrected chi connectivity index (χ1v) is 9.92. The first kappa shape index (κ1) is 22.1. The van der Waals surface area contributed by atoms with E-state index < -0.39 is 48.6 Å². The maximum Gasteiger partial charge on any atom is 0.501 e. The monoisotopic (exact) mass is 457 g/mol. The Labute approximate surface area is 171 Å². The second-order valence-electron chi connectivity index (χ2n) is 6.51. The molecule has 1 heterocycles. The van der Waals surface area contributed by atoms with Gasteiger partial charge in [0.2, 0.25) is 0 Å². The molecular formula is C18H14F3N3O6S. The largest absolute Gasteiger partial charge is 0.507 e. The van der Waals surface area contributed by atoms with Crippen molar-refractivity contribution in [2.75, 3.05) is 0 Å². The first-order chi connectivity index (χ1) is 14.3. The van der Waals surface area contributed by atoms with Crippen LogP contribution in [-0.2, 0) is 16.9 Å². The van der Waals surface area contributed by atoms with Crippen LogP contribution in [0.4, 0.5) is 13.2 Å². The Bertz CT molecular complexity index is 1480. The van der Waals surface area contributed by atoms with Crippen molar-refractivity contribution in [3.8, 4) is 22.6 Å². The topological polar surface area (TPSA) is 131 Å². The molecule has 0 saturated carbocycles. The van der Waals surface area contributed by atoms with Crippen molar-refractivity contribution < 1.29 is 26.7 Å². The van der Waals surface area contributed by atoms with E-state index >= 15 is 0 Å². The van der Waals surface area contributed by atoms with Crippen LogP contribution in [0.3, 0.4) is 0 Å². The molecule has 0 aliphatic rings. The number of aromatic amines is 1. The molecule has 2 aromatic carbocycles. The van der Waals surface area contributed by atoms with Gasteiger partial charge in [-0.25, -0.2) is 31.9 Å². The Hall–Kier alpha value is -3.61. The minimum atomic E-state index is -5.79. The molecule has 0 fully saturated rings. The summed E-state index contributed by atoms with van der Waals surface area (Å²) in [6.07, 6.45) is 0. The van der Waals surface area contributed by atoms with E-state index in [9.17, 15) is 41.1 Å². The van der Waals surface area contributed by atoms with Crippen molar-refractivity contribution in [3.63, 3.8) is 0 Å². The highest BCUT2D eigenvalue weighted by molar-refractivity contribution is 7.92. The lowest BCUT2D eigenvalue weighted by Crippen LogP contribution is -2.47. The highest BCUT2D eigenvalue weighted by Gasteiger charge is 2.48. The number of aryl methyl sites for hydroxylation is 1. The summed E-state index contributed by atoms with van der Waals surface area (Å²) >= 11 is 0. The summed E-state index contributed by atoms with van der Waals surface area (Å²) in [6.45, 7) is 1.39. The normalized spacial score (nSPS) is 12.2. The molecule has 164 valence electrons. The molecule has 0 bridgehead atoms. The van der Waals surface area contributed by atoms with Crippen LogP contribution in [-0.4, -0.2) is 33.2 Å². The molecule has 31 heavy (non-hydrogen) atoms. The van der Waals surface area contributed by atoms with Crippen molar-refractivity contribution in [3.05, 3.63) is 73.4 Å². The van der Waals surface area contributed by atoms with E-state index in [1.54, 1.807) is 0 Å². The molecule has 9 nitrogen and oxygen atoms in total. The van der Waals surface area contributed by atoms with Gasteiger partial charge in [0.15, 0.2) is 0 Å². The Balaban J connectivity index is 2.29. The van der Waals surface area contributed by atoms with Gasteiger partial charge in [-0.3, -0.25) is 4.98 Å². The van der Waals surface area contributed by atoms with Gasteiger partial charge in [-0.15, -0.1) is 0 Å². The fourth-order valence-electron chi connectivity index (χ4n) is 2.99. The lowest BCUT2D eigenvalue weighted by molar-refractivity contribution is -0.0435. The van der Waals surface area contributed by atoms with Gasteiger partial charge in [0.05, 0.1) is 10.6 Å². The van der Waals surface area contributed by atoms with Crippen LogP contribution in [0.1, 0.15) is 5.56 Å². The Morgan fingerprint density at radius 1 is 1.03 bits per heavy atom. The SMILES string of the molecule is Cc1cc(-n2c(=O)[nH]c(=O)n(C)c2=O)ccc1-c1c(O)cccc1S(=O)(=O)C(F)(F)F. The van der Waals surface area contributed by atoms with Gasteiger partial charge in [0.1, 0.15) is 5.75 Å². The minimum Gasteiger partial charge on any atom is -0.507 e. The van der Waals surface area contributed by atoms with Crippen molar-refractivity contribution in [1.29, 1.82) is 0 Å². The number of rotatable bonds is 3. The predicted octanol–water partition coefficient (Wildman–Crippen LogP) is 1.20. The fraction of sp³-hybridized carbons (Fsp3) is 0.167. The van der Waals surface area contributed by atoms with Crippen molar-refractivity contribution in [2.24, 2.45) is 7.05 Å². The zero-order valence-corrected chi connectivity index (χ0v) is 16.7. The third-order valence-electron chi connectivity index (χ3n) is 4.54. The second-order valence-corrected chi connectivity index (χ2v) is 8.42. The standard InChI is InChI=1S/C18H14F3N3O6S/c1-9-8-10(24-16(27)22-15(26)23(2)17(24)28)6-7-11(9)14-12(25)4-3-5-13(14)31(29,30)18(19,20)21/h3-8,25H,1-2H3,(H,22,26,27). The summed E-state index contributed by atoms with van der Waals surface area (Å²) in [5.41, 5.74) is -9.07. The van der Waals surface area contributed by atoms with Crippen LogP contribution >= 0.6 is 0 Å². The van der Waals surface area contributed by atoms with E-state index in [-0.39, 0.29) is 16.8 Å². The molecule has 3 rings (SSSR count). The molecule has 0 amide bonds. The number of phenols is 1. The van der Waals surface area contributed by atoms with Crippen LogP contribution in [0.5, 0.6) is 5.75 Å². The van der Waals surface area contributed by atoms with E-state index in [4.69, 9.17) is 0 Å². The van der Waals surface area contributed by atoms with Crippen molar-refractivity contribution in [1.82, 2.24) is 14.1 Å². The van der Waals surface area contributed by atoms with E-state index in [0.29, 0.717) is 15.2 Å². The number of phenolic OH excluding ortho intramolecular Hbond substituents is 1. The summed E-state index contributed by atoms with van der Waals surface area (Å²) in [7, 11) is -4.66. The molecule has 0 aliphatic carbocycles. The Morgan fingerprint density at radius 3 is 2.26 bits per heavy atom. The maximum atomic E-state index is 13.1. The zero-order chi connectivity index (χ0) is 23.3. The van der Waals surface area contributed by atoms with Gasteiger partial charge in [-0.2, -0.15) is 13.2 Å². The van der Waals surface area contributed by atoms with Crippen LogP contribution in [0.2, 0.25) is 0 Å². The highest BCUT2D eigenvalue weighted by Crippen LogP contribution is 2.41. The number of benzene rings is 2. The van der Waals surface area contributed by atoms with E-state index in [2.05, 4.69) is 0 Å². The lowest BCUT2D eigenvalue weighted by atomic mass is 9.99.